The third-order valence-corrected chi connectivity index (χ3v) is 7.99. The lowest BCUT2D eigenvalue weighted by atomic mass is 10.1. The van der Waals surface area contributed by atoms with Crippen LogP contribution in [0.4, 0.5) is 27.8 Å². The van der Waals surface area contributed by atoms with Gasteiger partial charge in [-0.25, -0.2) is 19.7 Å². The first-order valence-corrected chi connectivity index (χ1v) is 15.6. The van der Waals surface area contributed by atoms with Gasteiger partial charge in [0, 0.05) is 53.4 Å². The lowest BCUT2D eigenvalue weighted by Gasteiger charge is -2.12. The van der Waals surface area contributed by atoms with E-state index in [9.17, 15) is 9.59 Å². The molecule has 0 radical (unpaired) electrons. The number of thiazole rings is 1. The van der Waals surface area contributed by atoms with E-state index in [1.165, 1.54) is 11.3 Å². The second-order valence-electron chi connectivity index (χ2n) is 10.5. The van der Waals surface area contributed by atoms with Crippen LogP contribution in [0.25, 0.3) is 27.6 Å². The molecule has 13 heteroatoms. The van der Waals surface area contributed by atoms with E-state index in [4.69, 9.17) is 21.6 Å². The van der Waals surface area contributed by atoms with Gasteiger partial charge in [-0.2, -0.15) is 0 Å². The highest BCUT2D eigenvalue weighted by molar-refractivity contribution is 7.15. The summed E-state index contributed by atoms with van der Waals surface area (Å²) >= 11 is 7.70. The molecule has 3 heterocycles. The van der Waals surface area contributed by atoms with E-state index in [2.05, 4.69) is 26.3 Å². The SMILES string of the molecule is CN(C)CCNC(=O)c1cccc(Nc2nccc(-c3c(-c4cccc(NC(=O)Nc5ccccc5Cl)c4)nc4sccn34)n2)c1. The molecule has 0 aliphatic rings. The third-order valence-electron chi connectivity index (χ3n) is 6.90. The van der Waals surface area contributed by atoms with Crippen molar-refractivity contribution >= 4 is 62.8 Å². The second kappa shape index (κ2) is 13.8. The Hall–Kier alpha value is -5.30. The molecule has 0 spiro atoms. The van der Waals surface area contributed by atoms with E-state index in [-0.39, 0.29) is 5.91 Å². The van der Waals surface area contributed by atoms with Gasteiger partial charge in [-0.05, 0) is 62.6 Å². The number of carbonyl (C=O) groups is 2. The van der Waals surface area contributed by atoms with Crippen LogP contribution in [-0.4, -0.2) is 63.4 Å². The molecule has 6 aromatic rings. The fourth-order valence-corrected chi connectivity index (χ4v) is 5.63. The van der Waals surface area contributed by atoms with E-state index in [0.29, 0.717) is 51.5 Å². The van der Waals surface area contributed by atoms with E-state index in [0.717, 1.165) is 22.8 Å². The number of amides is 3. The van der Waals surface area contributed by atoms with Crippen LogP contribution in [0.15, 0.2) is 96.6 Å². The van der Waals surface area contributed by atoms with E-state index in [1.807, 2.05) is 71.4 Å². The molecule has 0 aliphatic carbocycles. The molecule has 0 fully saturated rings. The highest BCUT2D eigenvalue weighted by Crippen LogP contribution is 2.35. The highest BCUT2D eigenvalue weighted by atomic mass is 35.5. The fourth-order valence-electron chi connectivity index (χ4n) is 4.74. The molecule has 0 bridgehead atoms. The molecule has 0 aliphatic heterocycles. The van der Waals surface area contributed by atoms with Crippen molar-refractivity contribution in [2.75, 3.05) is 43.1 Å². The lowest BCUT2D eigenvalue weighted by molar-refractivity contribution is 0.0951. The van der Waals surface area contributed by atoms with Gasteiger partial charge in [0.15, 0.2) is 4.96 Å². The van der Waals surface area contributed by atoms with Crippen LogP contribution in [0.3, 0.4) is 0 Å². The van der Waals surface area contributed by atoms with E-state index >= 15 is 0 Å². The first-order chi connectivity index (χ1) is 22.3. The van der Waals surface area contributed by atoms with Gasteiger partial charge in [0.25, 0.3) is 5.91 Å². The van der Waals surface area contributed by atoms with Crippen LogP contribution in [0, 0.1) is 0 Å². The summed E-state index contributed by atoms with van der Waals surface area (Å²) in [6.45, 7) is 1.30. The smallest absolute Gasteiger partial charge is 0.323 e. The van der Waals surface area contributed by atoms with Gasteiger partial charge in [-0.1, -0.05) is 41.9 Å². The number of fused-ring (bicyclic) bond motifs is 1. The molecule has 3 amide bonds. The molecular weight excluding hydrogens is 622 g/mol. The Labute approximate surface area is 274 Å². The van der Waals surface area contributed by atoms with Crippen molar-refractivity contribution in [2.45, 2.75) is 0 Å². The van der Waals surface area contributed by atoms with Gasteiger partial charge in [-0.15, -0.1) is 11.3 Å². The van der Waals surface area contributed by atoms with Crippen molar-refractivity contribution in [3.8, 4) is 22.6 Å². The molecule has 4 N–H and O–H groups in total. The van der Waals surface area contributed by atoms with Gasteiger partial charge in [0.1, 0.15) is 5.69 Å². The summed E-state index contributed by atoms with van der Waals surface area (Å²) in [5.41, 5.74) is 5.22. The van der Waals surface area contributed by atoms with Crippen LogP contribution in [-0.2, 0) is 0 Å². The predicted octanol–water partition coefficient (Wildman–Crippen LogP) is 6.85. The Balaban J connectivity index is 1.25. The number of urea groups is 1. The zero-order chi connectivity index (χ0) is 32.0. The first-order valence-electron chi connectivity index (χ1n) is 14.4. The number of aromatic nitrogens is 4. The first kappa shape index (κ1) is 30.7. The lowest BCUT2D eigenvalue weighted by Crippen LogP contribution is -2.31. The number of nitrogens with one attached hydrogen (secondary N) is 4. The number of likely N-dealkylation sites (N-methyl/N-ethyl adjacent to an activating group) is 1. The number of carbonyl (C=O) groups excluding carboxylic acids is 2. The number of rotatable bonds is 10. The van der Waals surface area contributed by atoms with Gasteiger partial charge in [0.05, 0.1) is 22.1 Å². The van der Waals surface area contributed by atoms with Crippen LogP contribution in [0.5, 0.6) is 0 Å². The molecule has 0 unspecified atom stereocenters. The average molecular weight is 652 g/mol. The molecular formula is C33H30ClN9O2S. The van der Waals surface area contributed by atoms with Crippen molar-refractivity contribution in [3.63, 3.8) is 0 Å². The minimum atomic E-state index is -0.419. The third kappa shape index (κ3) is 7.15. The van der Waals surface area contributed by atoms with Gasteiger partial charge in [0.2, 0.25) is 5.95 Å². The van der Waals surface area contributed by atoms with Crippen molar-refractivity contribution in [1.29, 1.82) is 0 Å². The number of hydrogen-bond acceptors (Lipinski definition) is 8. The van der Waals surface area contributed by atoms with Crippen LogP contribution < -0.4 is 21.3 Å². The Morgan fingerprint density at radius 3 is 2.61 bits per heavy atom. The standard InChI is InChI=1S/C33H30ClN9O2S/c1-42(2)16-15-35-30(44)22-8-6-9-23(20-22)37-31-36-14-13-27(39-31)29-28(41-33-43(29)17-18-46-33)21-7-5-10-24(19-21)38-32(45)40-26-12-4-3-11-25(26)34/h3-14,17-20H,15-16H2,1-2H3,(H,35,44)(H,36,37,39)(H2,38,40,45). The predicted molar refractivity (Wildman–Crippen MR) is 184 cm³/mol. The monoisotopic (exact) mass is 651 g/mol. The summed E-state index contributed by atoms with van der Waals surface area (Å²) in [5.74, 6) is 0.215. The number of imidazole rings is 1. The van der Waals surface area contributed by atoms with Crippen LogP contribution >= 0.6 is 22.9 Å². The maximum atomic E-state index is 12.7. The van der Waals surface area contributed by atoms with Gasteiger partial charge in [-0.3, -0.25) is 9.20 Å². The summed E-state index contributed by atoms with van der Waals surface area (Å²) in [5, 5.41) is 14.2. The van der Waals surface area contributed by atoms with Crippen LogP contribution in [0.1, 0.15) is 10.4 Å². The Bertz CT molecular complexity index is 2020. The van der Waals surface area contributed by atoms with Crippen molar-refractivity contribution < 1.29 is 9.59 Å². The van der Waals surface area contributed by atoms with Crippen molar-refractivity contribution in [3.05, 3.63) is 107 Å². The molecule has 3 aromatic carbocycles. The Kier molecular flexibility index (Phi) is 9.20. The highest BCUT2D eigenvalue weighted by Gasteiger charge is 2.19. The topological polar surface area (TPSA) is 129 Å². The largest absolute Gasteiger partial charge is 0.351 e. The number of nitrogens with zero attached hydrogens (tertiary/aromatic N) is 5. The quantitative estimate of drug-likeness (QED) is 0.127. The molecule has 232 valence electrons. The maximum absolute atomic E-state index is 12.7. The average Bonchev–Trinajstić information content (AvgIpc) is 3.64. The summed E-state index contributed by atoms with van der Waals surface area (Å²) in [6, 6.07) is 23.1. The minimum Gasteiger partial charge on any atom is -0.351 e. The Morgan fingerprint density at radius 1 is 0.935 bits per heavy atom. The summed E-state index contributed by atoms with van der Waals surface area (Å²) in [4.78, 5) is 42.4. The van der Waals surface area contributed by atoms with Crippen molar-refractivity contribution in [2.24, 2.45) is 0 Å². The number of para-hydroxylation sites is 1. The van der Waals surface area contributed by atoms with E-state index in [1.54, 1.807) is 48.7 Å². The normalized spacial score (nSPS) is 11.0. The molecule has 11 nitrogen and oxygen atoms in total. The summed E-state index contributed by atoms with van der Waals surface area (Å²) in [6.07, 6.45) is 3.62. The van der Waals surface area contributed by atoms with Gasteiger partial charge < -0.3 is 26.2 Å². The summed E-state index contributed by atoms with van der Waals surface area (Å²) < 4.78 is 1.98. The number of hydrogen-bond donors (Lipinski definition) is 4. The number of anilines is 4. The molecule has 0 atom stereocenters. The Morgan fingerprint density at radius 2 is 1.76 bits per heavy atom. The van der Waals surface area contributed by atoms with Crippen molar-refractivity contribution in [1.82, 2.24) is 29.6 Å². The number of benzene rings is 3. The molecule has 3 aromatic heterocycles. The van der Waals surface area contributed by atoms with Gasteiger partial charge >= 0.3 is 6.03 Å². The molecule has 46 heavy (non-hydrogen) atoms. The molecule has 0 saturated carbocycles. The fraction of sp³-hybridized carbons (Fsp3) is 0.121. The second-order valence-corrected chi connectivity index (χ2v) is 11.8. The minimum absolute atomic E-state index is 0.151. The van der Waals surface area contributed by atoms with E-state index < -0.39 is 6.03 Å². The summed E-state index contributed by atoms with van der Waals surface area (Å²) in [7, 11) is 3.92. The van der Waals surface area contributed by atoms with Crippen LogP contribution in [0.2, 0.25) is 5.02 Å². The molecule has 6 rings (SSSR count). The zero-order valence-corrected chi connectivity index (χ0v) is 26.6. The maximum Gasteiger partial charge on any atom is 0.323 e. The molecule has 0 saturated heterocycles. The zero-order valence-electron chi connectivity index (χ0n) is 25.0. The number of halogens is 1.